The van der Waals surface area contributed by atoms with Gasteiger partial charge in [0.15, 0.2) is 6.10 Å². The van der Waals surface area contributed by atoms with Crippen molar-refractivity contribution in [2.24, 2.45) is 0 Å². The van der Waals surface area contributed by atoms with Gasteiger partial charge in [0.1, 0.15) is 5.82 Å². The molecule has 4 nitrogen and oxygen atoms in total. The largest absolute Gasteiger partial charge is 0.453 e. The fraction of sp³-hybridized carbons (Fsp3) is 0.263. The van der Waals surface area contributed by atoms with Crippen LogP contribution in [0.4, 0.5) is 10.1 Å². The number of aryl methyl sites for hydroxylation is 1. The van der Waals surface area contributed by atoms with Gasteiger partial charge in [-0.25, -0.2) is 4.39 Å². The van der Waals surface area contributed by atoms with E-state index in [1.807, 2.05) is 31.2 Å². The van der Waals surface area contributed by atoms with Crippen LogP contribution in [-0.4, -0.2) is 23.7 Å². The number of carbonyl (C=O) groups excluding carboxylic acids is 2. The first kappa shape index (κ1) is 20.3. The monoisotopic (exact) mass is 395 g/mol. The lowest BCUT2D eigenvalue weighted by Crippen LogP contribution is -2.30. The molecule has 0 unspecified atom stereocenters. The van der Waals surface area contributed by atoms with Crippen LogP contribution in [0.15, 0.2) is 47.4 Å². The molecule has 1 amide bonds. The highest BCUT2D eigenvalue weighted by molar-refractivity contribution is 7.99. The van der Waals surface area contributed by atoms with Crippen molar-refractivity contribution in [3.05, 3.63) is 58.9 Å². The fourth-order valence-electron chi connectivity index (χ4n) is 2.02. The van der Waals surface area contributed by atoms with E-state index in [9.17, 15) is 14.0 Å². The number of hydrogen-bond donors (Lipinski definition) is 1. The summed E-state index contributed by atoms with van der Waals surface area (Å²) in [6.07, 6.45) is -0.791. The molecule has 0 saturated heterocycles. The third-order valence-electron chi connectivity index (χ3n) is 3.46. The van der Waals surface area contributed by atoms with Gasteiger partial charge in [-0.05, 0) is 44.2 Å². The summed E-state index contributed by atoms with van der Waals surface area (Å²) in [6, 6.07) is 11.6. The summed E-state index contributed by atoms with van der Waals surface area (Å²) in [5.41, 5.74) is 1.44. The van der Waals surface area contributed by atoms with Gasteiger partial charge in [-0.2, -0.15) is 0 Å². The highest BCUT2D eigenvalue weighted by Crippen LogP contribution is 2.23. The number of esters is 1. The molecule has 0 fully saturated rings. The Kier molecular flexibility index (Phi) is 7.48. The van der Waals surface area contributed by atoms with Crippen LogP contribution in [0.25, 0.3) is 0 Å². The average molecular weight is 396 g/mol. The maximum atomic E-state index is 13.0. The highest BCUT2D eigenvalue weighted by atomic mass is 35.5. The molecule has 0 aliphatic heterocycles. The summed E-state index contributed by atoms with van der Waals surface area (Å²) in [7, 11) is 0. The van der Waals surface area contributed by atoms with Crippen LogP contribution >= 0.6 is 23.4 Å². The Morgan fingerprint density at radius 2 is 1.92 bits per heavy atom. The third-order valence-corrected chi connectivity index (χ3v) is 4.79. The van der Waals surface area contributed by atoms with Crippen molar-refractivity contribution in [3.63, 3.8) is 0 Å². The normalized spacial score (nSPS) is 11.7. The summed E-state index contributed by atoms with van der Waals surface area (Å²) in [5.74, 6) is -0.936. The van der Waals surface area contributed by atoms with Crippen LogP contribution < -0.4 is 5.32 Å². The minimum absolute atomic E-state index is 0.0753. The second-order valence-electron chi connectivity index (χ2n) is 5.66. The Morgan fingerprint density at radius 1 is 1.23 bits per heavy atom. The van der Waals surface area contributed by atoms with Gasteiger partial charge in [-0.1, -0.05) is 29.3 Å². The molecular formula is C19H19ClFNO3S. The molecule has 0 aliphatic rings. The first-order valence-corrected chi connectivity index (χ1v) is 9.36. The van der Waals surface area contributed by atoms with E-state index in [1.165, 1.54) is 24.6 Å². The van der Waals surface area contributed by atoms with E-state index >= 15 is 0 Å². The molecule has 0 spiro atoms. The van der Waals surface area contributed by atoms with Crippen molar-refractivity contribution in [2.45, 2.75) is 31.3 Å². The minimum Gasteiger partial charge on any atom is -0.453 e. The number of hydrogen-bond acceptors (Lipinski definition) is 4. The zero-order chi connectivity index (χ0) is 19.1. The van der Waals surface area contributed by atoms with E-state index < -0.39 is 23.8 Å². The molecule has 0 saturated carbocycles. The van der Waals surface area contributed by atoms with Gasteiger partial charge in [0.25, 0.3) is 5.91 Å². The molecule has 2 aromatic rings. The van der Waals surface area contributed by atoms with Crippen molar-refractivity contribution < 1.29 is 18.7 Å². The van der Waals surface area contributed by atoms with Crippen molar-refractivity contribution in [1.29, 1.82) is 0 Å². The molecule has 0 bridgehead atoms. The Morgan fingerprint density at radius 3 is 2.58 bits per heavy atom. The first-order chi connectivity index (χ1) is 12.3. The molecule has 1 N–H and O–H groups in total. The average Bonchev–Trinajstić information content (AvgIpc) is 2.59. The quantitative estimate of drug-likeness (QED) is 0.538. The number of rotatable bonds is 7. The molecule has 2 rings (SSSR count). The van der Waals surface area contributed by atoms with E-state index in [4.69, 9.17) is 16.3 Å². The van der Waals surface area contributed by atoms with Crippen molar-refractivity contribution in [1.82, 2.24) is 0 Å². The molecule has 0 radical (unpaired) electrons. The van der Waals surface area contributed by atoms with Gasteiger partial charge in [0.2, 0.25) is 0 Å². The maximum absolute atomic E-state index is 13.0. The summed E-state index contributed by atoms with van der Waals surface area (Å²) >= 11 is 7.40. The zero-order valence-electron chi connectivity index (χ0n) is 14.4. The van der Waals surface area contributed by atoms with Crippen molar-refractivity contribution in [2.75, 3.05) is 11.1 Å². The predicted molar refractivity (Wildman–Crippen MR) is 102 cm³/mol. The summed E-state index contributed by atoms with van der Waals surface area (Å²) in [6.45, 7) is 3.48. The number of amides is 1. The van der Waals surface area contributed by atoms with Crippen molar-refractivity contribution >= 4 is 40.9 Å². The molecule has 0 aromatic heterocycles. The lowest BCUT2D eigenvalue weighted by molar-refractivity contribution is -0.152. The van der Waals surface area contributed by atoms with Gasteiger partial charge in [-0.3, -0.25) is 9.59 Å². The van der Waals surface area contributed by atoms with Crippen molar-refractivity contribution in [3.8, 4) is 0 Å². The SMILES string of the molecule is Cc1ccc(SCCC(=O)O[C@@H](C)C(=O)Nc2ccc(F)cc2Cl)cc1. The first-order valence-electron chi connectivity index (χ1n) is 8.00. The number of anilines is 1. The Bertz CT molecular complexity index is 783. The Balaban J connectivity index is 1.76. The second kappa shape index (κ2) is 9.59. The molecular weight excluding hydrogens is 377 g/mol. The second-order valence-corrected chi connectivity index (χ2v) is 7.23. The number of nitrogens with one attached hydrogen (secondary N) is 1. The number of halogens is 2. The van der Waals surface area contributed by atoms with E-state index in [-0.39, 0.29) is 17.1 Å². The van der Waals surface area contributed by atoms with E-state index in [2.05, 4.69) is 5.32 Å². The van der Waals surface area contributed by atoms with Gasteiger partial charge in [0.05, 0.1) is 17.1 Å². The van der Waals surface area contributed by atoms with Gasteiger partial charge < -0.3 is 10.1 Å². The summed E-state index contributed by atoms with van der Waals surface area (Å²) < 4.78 is 18.1. The van der Waals surface area contributed by atoms with E-state index in [0.29, 0.717) is 5.75 Å². The summed E-state index contributed by atoms with van der Waals surface area (Å²) in [5, 5.41) is 2.59. The Hall–Kier alpha value is -2.05. The van der Waals surface area contributed by atoms with Crippen LogP contribution in [0.5, 0.6) is 0 Å². The topological polar surface area (TPSA) is 55.4 Å². The molecule has 2 aromatic carbocycles. The van der Waals surface area contributed by atoms with Crippen LogP contribution in [0.3, 0.4) is 0 Å². The van der Waals surface area contributed by atoms with Crippen LogP contribution in [0, 0.1) is 12.7 Å². The van der Waals surface area contributed by atoms with Gasteiger partial charge in [-0.15, -0.1) is 11.8 Å². The molecule has 138 valence electrons. The molecule has 1 atom stereocenters. The van der Waals surface area contributed by atoms with E-state index in [1.54, 1.807) is 11.8 Å². The molecule has 26 heavy (non-hydrogen) atoms. The molecule has 0 heterocycles. The predicted octanol–water partition coefficient (Wildman–Crippen LogP) is 4.84. The Labute approximate surface area is 161 Å². The van der Waals surface area contributed by atoms with Gasteiger partial charge in [0, 0.05) is 10.6 Å². The maximum Gasteiger partial charge on any atom is 0.307 e. The molecule has 7 heteroatoms. The van der Waals surface area contributed by atoms with Crippen LogP contribution in [-0.2, 0) is 14.3 Å². The highest BCUT2D eigenvalue weighted by Gasteiger charge is 2.18. The standard InChI is InChI=1S/C19H19ClFNO3S/c1-12-3-6-15(7-4-12)26-10-9-18(23)25-13(2)19(24)22-17-8-5-14(21)11-16(17)20/h3-8,11,13H,9-10H2,1-2H3,(H,22,24)/t13-/m0/s1. The molecule has 0 aliphatic carbocycles. The number of ether oxygens (including phenoxy) is 1. The van der Waals surface area contributed by atoms with E-state index in [0.717, 1.165) is 11.0 Å². The van der Waals surface area contributed by atoms with Crippen LogP contribution in [0.2, 0.25) is 5.02 Å². The number of benzene rings is 2. The lowest BCUT2D eigenvalue weighted by Gasteiger charge is -2.14. The minimum atomic E-state index is -0.979. The zero-order valence-corrected chi connectivity index (χ0v) is 16.0. The summed E-state index contributed by atoms with van der Waals surface area (Å²) in [4.78, 5) is 25.0. The number of thioether (sulfide) groups is 1. The van der Waals surface area contributed by atoms with Crippen LogP contribution in [0.1, 0.15) is 18.9 Å². The third kappa shape index (κ3) is 6.35. The fourth-order valence-corrected chi connectivity index (χ4v) is 3.07. The number of carbonyl (C=O) groups is 2. The smallest absolute Gasteiger partial charge is 0.307 e. The van der Waals surface area contributed by atoms with Gasteiger partial charge >= 0.3 is 5.97 Å². The lowest BCUT2D eigenvalue weighted by atomic mass is 10.2.